The van der Waals surface area contributed by atoms with Crippen molar-refractivity contribution in [2.45, 2.75) is 44.2 Å². The van der Waals surface area contributed by atoms with E-state index in [0.29, 0.717) is 12.1 Å². The highest BCUT2D eigenvalue weighted by atomic mass is 16.5. The highest BCUT2D eigenvalue weighted by Crippen LogP contribution is 2.26. The maximum Gasteiger partial charge on any atom is 0.114 e. The smallest absolute Gasteiger partial charge is 0.114 e. The second kappa shape index (κ2) is 8.14. The van der Waals surface area contributed by atoms with Gasteiger partial charge in [-0.1, -0.05) is 48.1 Å². The Labute approximate surface area is 135 Å². The van der Waals surface area contributed by atoms with E-state index in [1.165, 1.54) is 31.2 Å². The minimum absolute atomic E-state index is 0.372. The number of ether oxygens (including phenoxy) is 2. The van der Waals surface area contributed by atoms with Crippen molar-refractivity contribution in [2.24, 2.45) is 0 Å². The molecule has 2 atom stereocenters. The second-order valence-corrected chi connectivity index (χ2v) is 6.36. The van der Waals surface area contributed by atoms with E-state index in [4.69, 9.17) is 17.3 Å². The van der Waals surface area contributed by atoms with Gasteiger partial charge in [0.1, 0.15) is 7.85 Å². The zero-order valence-corrected chi connectivity index (χ0v) is 13.4. The second-order valence-electron chi connectivity index (χ2n) is 6.36. The lowest BCUT2D eigenvalue weighted by Gasteiger charge is -2.41. The van der Waals surface area contributed by atoms with E-state index in [1.54, 1.807) is 0 Å². The number of nitrogens with zero attached hydrogens (tertiary/aromatic N) is 1. The summed E-state index contributed by atoms with van der Waals surface area (Å²) in [6.45, 7) is 4.60. The molecule has 118 valence electrons. The molecule has 4 heteroatoms. The predicted octanol–water partition coefficient (Wildman–Crippen LogP) is 1.68. The highest BCUT2D eigenvalue weighted by molar-refractivity contribution is 6.33. The van der Waals surface area contributed by atoms with E-state index in [2.05, 4.69) is 11.0 Å². The van der Waals surface area contributed by atoms with Crippen molar-refractivity contribution < 1.29 is 9.47 Å². The Hall–Kier alpha value is -0.835. The molecule has 2 radical (unpaired) electrons. The van der Waals surface area contributed by atoms with Crippen molar-refractivity contribution in [3.8, 4) is 0 Å². The van der Waals surface area contributed by atoms with Crippen LogP contribution >= 0.6 is 0 Å². The van der Waals surface area contributed by atoms with Crippen LogP contribution in [0.2, 0.25) is 0 Å². The summed E-state index contributed by atoms with van der Waals surface area (Å²) in [4.78, 5) is 2.57. The topological polar surface area (TPSA) is 21.7 Å². The molecule has 1 heterocycles. The third kappa shape index (κ3) is 4.12. The molecule has 2 fully saturated rings. The van der Waals surface area contributed by atoms with Crippen LogP contribution in [0.5, 0.6) is 0 Å². The van der Waals surface area contributed by atoms with Gasteiger partial charge in [0.2, 0.25) is 0 Å². The maximum absolute atomic E-state index is 6.27. The van der Waals surface area contributed by atoms with Crippen molar-refractivity contribution in [3.05, 3.63) is 29.8 Å². The van der Waals surface area contributed by atoms with Crippen LogP contribution in [0.25, 0.3) is 0 Å². The van der Waals surface area contributed by atoms with Crippen LogP contribution in [0.3, 0.4) is 0 Å². The molecule has 0 spiro atoms. The first kappa shape index (κ1) is 16.0. The van der Waals surface area contributed by atoms with Gasteiger partial charge in [0.25, 0.3) is 0 Å². The quantitative estimate of drug-likeness (QED) is 0.772. The Morgan fingerprint density at radius 2 is 1.91 bits per heavy atom. The van der Waals surface area contributed by atoms with Gasteiger partial charge in [-0.05, 0) is 19.3 Å². The molecule has 1 aliphatic carbocycles. The minimum Gasteiger partial charge on any atom is -0.379 e. The first-order valence-corrected chi connectivity index (χ1v) is 8.61. The molecule has 1 unspecified atom stereocenters. The van der Waals surface area contributed by atoms with Gasteiger partial charge in [-0.2, -0.15) is 0 Å². The number of benzene rings is 1. The van der Waals surface area contributed by atoms with Crippen molar-refractivity contribution >= 4 is 13.3 Å². The molecule has 0 aromatic heterocycles. The largest absolute Gasteiger partial charge is 0.379 e. The monoisotopic (exact) mass is 299 g/mol. The van der Waals surface area contributed by atoms with Crippen molar-refractivity contribution in [1.82, 2.24) is 4.90 Å². The fourth-order valence-electron chi connectivity index (χ4n) is 3.68. The zero-order chi connectivity index (χ0) is 15.2. The Morgan fingerprint density at radius 3 is 2.73 bits per heavy atom. The molecular formula is C18H26BNO2. The molecule has 1 aromatic rings. The summed E-state index contributed by atoms with van der Waals surface area (Å²) in [5.74, 6) is 0. The molecule has 1 saturated carbocycles. The molecule has 0 bridgehead atoms. The summed E-state index contributed by atoms with van der Waals surface area (Å²) in [5, 5.41) is 0. The molecule has 2 aliphatic rings. The van der Waals surface area contributed by atoms with Crippen molar-refractivity contribution in [2.75, 3.05) is 32.9 Å². The predicted molar refractivity (Wildman–Crippen MR) is 89.9 cm³/mol. The molecule has 22 heavy (non-hydrogen) atoms. The Kier molecular flexibility index (Phi) is 5.93. The SMILES string of the molecule is [B]c1ccccc1CCO[C@H]1CCCCC1N1CCOCC1. The van der Waals surface area contributed by atoms with E-state index in [0.717, 1.165) is 44.8 Å². The minimum atomic E-state index is 0.372. The van der Waals surface area contributed by atoms with Crippen LogP contribution in [-0.4, -0.2) is 57.8 Å². The molecular weight excluding hydrogens is 273 g/mol. The molecule has 3 nitrogen and oxygen atoms in total. The number of rotatable bonds is 5. The Bertz CT molecular complexity index is 462. The van der Waals surface area contributed by atoms with Gasteiger partial charge in [-0.15, -0.1) is 0 Å². The molecule has 1 aromatic carbocycles. The van der Waals surface area contributed by atoms with Gasteiger partial charge < -0.3 is 9.47 Å². The summed E-state index contributed by atoms with van der Waals surface area (Å²) >= 11 is 0. The van der Waals surface area contributed by atoms with Gasteiger partial charge >= 0.3 is 0 Å². The molecule has 0 amide bonds. The first-order chi connectivity index (χ1) is 10.8. The zero-order valence-electron chi connectivity index (χ0n) is 13.4. The third-order valence-corrected chi connectivity index (χ3v) is 4.94. The standard InChI is InChI=1S/C18H26BNO2/c19-16-6-2-1-5-15(16)9-12-22-18-8-4-3-7-17(18)20-10-13-21-14-11-20/h1-2,5-6,17-18H,3-4,7-14H2/t17?,18-/m0/s1. The molecule has 3 rings (SSSR count). The highest BCUT2D eigenvalue weighted by Gasteiger charge is 2.31. The van der Waals surface area contributed by atoms with E-state index in [1.807, 2.05) is 18.2 Å². The summed E-state index contributed by atoms with van der Waals surface area (Å²) in [6.07, 6.45) is 6.34. The van der Waals surface area contributed by atoms with Crippen molar-refractivity contribution in [3.63, 3.8) is 0 Å². The third-order valence-electron chi connectivity index (χ3n) is 4.94. The number of morpholine rings is 1. The van der Waals surface area contributed by atoms with Crippen LogP contribution in [0, 0.1) is 0 Å². The van der Waals surface area contributed by atoms with Crippen LogP contribution in [0.1, 0.15) is 31.2 Å². The summed E-state index contributed by atoms with van der Waals surface area (Å²) in [6, 6.07) is 8.66. The fraction of sp³-hybridized carbons (Fsp3) is 0.667. The maximum atomic E-state index is 6.27. The lowest BCUT2D eigenvalue weighted by molar-refractivity contribution is -0.0647. The van der Waals surface area contributed by atoms with E-state index >= 15 is 0 Å². The van der Waals surface area contributed by atoms with Crippen molar-refractivity contribution in [1.29, 1.82) is 0 Å². The van der Waals surface area contributed by atoms with Gasteiger partial charge in [0.05, 0.1) is 25.9 Å². The fourth-order valence-corrected chi connectivity index (χ4v) is 3.68. The normalized spacial score (nSPS) is 26.9. The van der Waals surface area contributed by atoms with E-state index in [-0.39, 0.29) is 0 Å². The first-order valence-electron chi connectivity index (χ1n) is 8.61. The van der Waals surface area contributed by atoms with Crippen LogP contribution in [0.4, 0.5) is 0 Å². The van der Waals surface area contributed by atoms with E-state index in [9.17, 15) is 0 Å². The number of hydrogen-bond acceptors (Lipinski definition) is 3. The van der Waals surface area contributed by atoms with Gasteiger partial charge in [0.15, 0.2) is 0 Å². The summed E-state index contributed by atoms with van der Waals surface area (Å²) in [5.41, 5.74) is 2.07. The Morgan fingerprint density at radius 1 is 1.14 bits per heavy atom. The number of hydrogen-bond donors (Lipinski definition) is 0. The van der Waals surface area contributed by atoms with Crippen LogP contribution < -0.4 is 5.46 Å². The van der Waals surface area contributed by atoms with Gasteiger partial charge in [-0.3, -0.25) is 4.90 Å². The lowest BCUT2D eigenvalue weighted by Crippen LogP contribution is -2.51. The molecule has 1 saturated heterocycles. The van der Waals surface area contributed by atoms with Gasteiger partial charge in [-0.25, -0.2) is 0 Å². The van der Waals surface area contributed by atoms with Crippen LogP contribution in [-0.2, 0) is 15.9 Å². The van der Waals surface area contributed by atoms with Crippen LogP contribution in [0.15, 0.2) is 24.3 Å². The molecule has 0 N–H and O–H groups in total. The summed E-state index contributed by atoms with van der Waals surface area (Å²) in [7, 11) is 6.01. The Balaban J connectivity index is 1.52. The molecule has 1 aliphatic heterocycles. The lowest BCUT2D eigenvalue weighted by atomic mass is 9.89. The average molecular weight is 299 g/mol. The van der Waals surface area contributed by atoms with Gasteiger partial charge in [0, 0.05) is 19.1 Å². The van der Waals surface area contributed by atoms with E-state index < -0.39 is 0 Å². The average Bonchev–Trinajstić information content (AvgIpc) is 2.58. The summed E-state index contributed by atoms with van der Waals surface area (Å²) < 4.78 is 11.8.